The maximum absolute atomic E-state index is 13.0. The smallest absolute Gasteiger partial charge is 0.293 e. The molecule has 0 aliphatic carbocycles. The van der Waals surface area contributed by atoms with Crippen LogP contribution in [-0.2, 0) is 11.3 Å². The van der Waals surface area contributed by atoms with Gasteiger partial charge < -0.3 is 9.84 Å². The molecule has 0 spiro atoms. The van der Waals surface area contributed by atoms with Crippen molar-refractivity contribution in [3.63, 3.8) is 0 Å². The molecule has 2 amide bonds. The van der Waals surface area contributed by atoms with Crippen molar-refractivity contribution in [2.45, 2.75) is 13.5 Å². The normalized spacial score (nSPS) is 15.3. The number of aromatic hydroxyl groups is 1. The molecule has 31 heavy (non-hydrogen) atoms. The number of fused-ring (bicyclic) bond motifs is 1. The third kappa shape index (κ3) is 4.37. The van der Waals surface area contributed by atoms with E-state index in [1.165, 1.54) is 4.90 Å². The van der Waals surface area contributed by atoms with E-state index in [1.54, 1.807) is 12.1 Å². The molecule has 0 bridgehead atoms. The van der Waals surface area contributed by atoms with Crippen LogP contribution in [0, 0.1) is 0 Å². The zero-order valence-corrected chi connectivity index (χ0v) is 20.4. The first-order valence-electron chi connectivity index (χ1n) is 9.46. The van der Waals surface area contributed by atoms with Crippen molar-refractivity contribution in [2.75, 3.05) is 6.61 Å². The Kier molecular flexibility index (Phi) is 6.41. The van der Waals surface area contributed by atoms with E-state index in [0.29, 0.717) is 31.8 Å². The Morgan fingerprint density at radius 2 is 1.81 bits per heavy atom. The van der Waals surface area contributed by atoms with E-state index in [-0.39, 0.29) is 23.4 Å². The van der Waals surface area contributed by atoms with Crippen LogP contribution >= 0.6 is 43.6 Å². The highest BCUT2D eigenvalue weighted by Gasteiger charge is 2.35. The first-order chi connectivity index (χ1) is 14.9. The summed E-state index contributed by atoms with van der Waals surface area (Å²) in [6, 6.07) is 15.5. The molecule has 1 aliphatic heterocycles. The fourth-order valence-corrected chi connectivity index (χ4v) is 4.95. The highest BCUT2D eigenvalue weighted by atomic mass is 79.9. The third-order valence-corrected chi connectivity index (χ3v) is 7.85. The third-order valence-electron chi connectivity index (χ3n) is 4.79. The van der Waals surface area contributed by atoms with Crippen molar-refractivity contribution < 1.29 is 19.4 Å². The van der Waals surface area contributed by atoms with Gasteiger partial charge in [-0.3, -0.25) is 14.5 Å². The van der Waals surface area contributed by atoms with Crippen LogP contribution in [0.2, 0.25) is 0 Å². The van der Waals surface area contributed by atoms with Crippen LogP contribution in [0.3, 0.4) is 0 Å². The van der Waals surface area contributed by atoms with E-state index < -0.39 is 0 Å². The average Bonchev–Trinajstić information content (AvgIpc) is 3.03. The van der Waals surface area contributed by atoms with Crippen molar-refractivity contribution in [1.29, 1.82) is 0 Å². The number of phenolic OH excluding ortho intramolecular Hbond substituents is 1. The topological polar surface area (TPSA) is 66.8 Å². The van der Waals surface area contributed by atoms with Gasteiger partial charge in [0.25, 0.3) is 11.1 Å². The molecule has 0 radical (unpaired) electrons. The van der Waals surface area contributed by atoms with E-state index in [9.17, 15) is 14.7 Å². The quantitative estimate of drug-likeness (QED) is 0.350. The molecule has 4 rings (SSSR count). The number of amides is 2. The summed E-state index contributed by atoms with van der Waals surface area (Å²) >= 11 is 7.65. The molecule has 0 saturated carbocycles. The first-order valence-corrected chi connectivity index (χ1v) is 11.9. The van der Waals surface area contributed by atoms with Crippen LogP contribution in [-0.4, -0.2) is 27.8 Å². The number of hydrogen-bond acceptors (Lipinski definition) is 5. The van der Waals surface area contributed by atoms with Gasteiger partial charge in [-0.05, 0) is 90.7 Å². The average molecular weight is 563 g/mol. The Labute approximate surface area is 200 Å². The summed E-state index contributed by atoms with van der Waals surface area (Å²) < 4.78 is 6.44. The van der Waals surface area contributed by atoms with Gasteiger partial charge in [-0.2, -0.15) is 0 Å². The summed E-state index contributed by atoms with van der Waals surface area (Å²) in [5, 5.41) is 12.1. The predicted octanol–water partition coefficient (Wildman–Crippen LogP) is 6.71. The summed E-state index contributed by atoms with van der Waals surface area (Å²) in [4.78, 5) is 27.1. The molecule has 0 atom stereocenters. The van der Waals surface area contributed by atoms with Crippen LogP contribution < -0.4 is 4.74 Å². The number of nitrogens with zero attached hydrogens (tertiary/aromatic N) is 1. The van der Waals surface area contributed by atoms with Crippen LogP contribution in [0.1, 0.15) is 18.1 Å². The van der Waals surface area contributed by atoms with Gasteiger partial charge >= 0.3 is 0 Å². The molecule has 8 heteroatoms. The number of rotatable bonds is 5. The van der Waals surface area contributed by atoms with E-state index >= 15 is 0 Å². The van der Waals surface area contributed by atoms with Gasteiger partial charge in [0.1, 0.15) is 0 Å². The number of carbonyl (C=O) groups is 2. The molecule has 1 saturated heterocycles. The van der Waals surface area contributed by atoms with Gasteiger partial charge in [0.2, 0.25) is 0 Å². The number of ether oxygens (including phenoxy) is 1. The van der Waals surface area contributed by atoms with Crippen molar-refractivity contribution in [3.05, 3.63) is 73.5 Å². The van der Waals surface area contributed by atoms with Crippen molar-refractivity contribution in [3.8, 4) is 11.5 Å². The second-order valence-electron chi connectivity index (χ2n) is 6.82. The zero-order chi connectivity index (χ0) is 22.1. The molecule has 158 valence electrons. The summed E-state index contributed by atoms with van der Waals surface area (Å²) in [6.45, 7) is 2.40. The molecule has 3 aromatic rings. The van der Waals surface area contributed by atoms with Gasteiger partial charge in [0.15, 0.2) is 11.5 Å². The minimum Gasteiger partial charge on any atom is -0.503 e. The lowest BCUT2D eigenvalue weighted by molar-refractivity contribution is -0.123. The fourth-order valence-electron chi connectivity index (χ4n) is 3.28. The Hall–Kier alpha value is -2.29. The number of imide groups is 1. The highest BCUT2D eigenvalue weighted by molar-refractivity contribution is 9.13. The lowest BCUT2D eigenvalue weighted by Crippen LogP contribution is -2.27. The lowest BCUT2D eigenvalue weighted by atomic mass is 10.1. The highest BCUT2D eigenvalue weighted by Crippen LogP contribution is 2.44. The summed E-state index contributed by atoms with van der Waals surface area (Å²) in [7, 11) is 0. The van der Waals surface area contributed by atoms with Crippen LogP contribution in [0.4, 0.5) is 4.79 Å². The van der Waals surface area contributed by atoms with Gasteiger partial charge in [0, 0.05) is 4.47 Å². The maximum atomic E-state index is 13.0. The Bertz CT molecular complexity index is 1240. The molecule has 0 aromatic heterocycles. The molecule has 3 aromatic carbocycles. The number of carbonyl (C=O) groups excluding carboxylic acids is 2. The van der Waals surface area contributed by atoms with E-state index in [1.807, 2.05) is 49.4 Å². The predicted molar refractivity (Wildman–Crippen MR) is 130 cm³/mol. The molecular weight excluding hydrogens is 546 g/mol. The second-order valence-corrected chi connectivity index (χ2v) is 9.40. The largest absolute Gasteiger partial charge is 0.503 e. The SMILES string of the molecule is CCOc1cc(/C=C2\SC(=O)N(Cc3ccc4ccccc4c3)C2=O)c(Br)c(Br)c1O. The Balaban J connectivity index is 1.62. The summed E-state index contributed by atoms with van der Waals surface area (Å²) in [6.07, 6.45) is 1.63. The second kappa shape index (κ2) is 9.06. The number of thioether (sulfide) groups is 1. The van der Waals surface area contributed by atoms with E-state index in [2.05, 4.69) is 31.9 Å². The van der Waals surface area contributed by atoms with Crippen LogP contribution in [0.5, 0.6) is 11.5 Å². The van der Waals surface area contributed by atoms with E-state index in [0.717, 1.165) is 28.1 Å². The van der Waals surface area contributed by atoms with E-state index in [4.69, 9.17) is 4.74 Å². The molecule has 1 N–H and O–H groups in total. The van der Waals surface area contributed by atoms with Gasteiger partial charge in [-0.25, -0.2) is 0 Å². The van der Waals surface area contributed by atoms with Gasteiger partial charge in [-0.1, -0.05) is 36.4 Å². The molecule has 1 aliphatic rings. The number of phenols is 1. The Morgan fingerprint density at radius 3 is 2.55 bits per heavy atom. The minimum atomic E-state index is -0.350. The molecular formula is C23H17Br2NO4S. The van der Waals surface area contributed by atoms with Gasteiger partial charge in [0.05, 0.1) is 22.5 Å². The zero-order valence-electron chi connectivity index (χ0n) is 16.4. The molecule has 1 fully saturated rings. The van der Waals surface area contributed by atoms with Crippen molar-refractivity contribution in [2.24, 2.45) is 0 Å². The molecule has 0 unspecified atom stereocenters. The Morgan fingerprint density at radius 1 is 1.06 bits per heavy atom. The van der Waals surface area contributed by atoms with Gasteiger partial charge in [-0.15, -0.1) is 0 Å². The number of halogens is 2. The van der Waals surface area contributed by atoms with Crippen LogP contribution in [0.25, 0.3) is 16.8 Å². The maximum Gasteiger partial charge on any atom is 0.293 e. The number of hydrogen-bond donors (Lipinski definition) is 1. The van der Waals surface area contributed by atoms with Crippen molar-refractivity contribution >= 4 is 71.6 Å². The number of benzene rings is 3. The first kappa shape index (κ1) is 21.9. The van der Waals surface area contributed by atoms with Crippen molar-refractivity contribution in [1.82, 2.24) is 4.90 Å². The lowest BCUT2D eigenvalue weighted by Gasteiger charge is -2.13. The summed E-state index contributed by atoms with van der Waals surface area (Å²) in [5.41, 5.74) is 1.50. The minimum absolute atomic E-state index is 0.0321. The summed E-state index contributed by atoms with van der Waals surface area (Å²) in [5.74, 6) is -0.0910. The fraction of sp³-hybridized carbons (Fsp3) is 0.130. The molecule has 1 heterocycles. The monoisotopic (exact) mass is 561 g/mol. The molecule has 5 nitrogen and oxygen atoms in total. The standard InChI is InChI=1S/C23H17Br2NO4S/c1-2-30-17-10-16(19(24)20(25)21(17)27)11-18-22(28)26(23(29)31-18)12-13-7-8-14-5-3-4-6-15(14)9-13/h3-11,27H,2,12H2,1H3/b18-11-. The van der Waals surface area contributed by atoms with Crippen LogP contribution in [0.15, 0.2) is 62.4 Å².